The van der Waals surface area contributed by atoms with Crippen molar-refractivity contribution in [3.63, 3.8) is 0 Å². The van der Waals surface area contributed by atoms with Crippen molar-refractivity contribution in [2.24, 2.45) is 35.5 Å². The predicted octanol–water partition coefficient (Wildman–Crippen LogP) is 6.77. The van der Waals surface area contributed by atoms with E-state index in [1.54, 1.807) is 0 Å². The summed E-state index contributed by atoms with van der Waals surface area (Å²) in [7, 11) is 0. The highest BCUT2D eigenvalue weighted by Gasteiger charge is 2.31. The first-order chi connectivity index (χ1) is 13.0. The van der Waals surface area contributed by atoms with Crippen molar-refractivity contribution in [3.8, 4) is 0 Å². The first-order valence-corrected chi connectivity index (χ1v) is 12.4. The van der Waals surface area contributed by atoms with Gasteiger partial charge in [-0.1, -0.05) is 78.8 Å². The smallest absolute Gasteiger partial charge is 0.0724 e. The molecule has 0 aromatic carbocycles. The number of rotatable bonds is 4. The maximum atomic E-state index is 5.14. The Bertz CT molecular complexity index is 445. The lowest BCUT2D eigenvalue weighted by molar-refractivity contribution is 0.186. The third-order valence-electron chi connectivity index (χ3n) is 6.82. The summed E-state index contributed by atoms with van der Waals surface area (Å²) in [6.45, 7) is 18.0. The van der Waals surface area contributed by atoms with E-state index in [1.165, 1.54) is 38.5 Å². The van der Waals surface area contributed by atoms with Gasteiger partial charge in [-0.05, 0) is 75.0 Å². The first kappa shape index (κ1) is 25.8. The minimum Gasteiger partial charge on any atom is -0.377 e. The van der Waals surface area contributed by atoms with E-state index in [4.69, 9.17) is 24.4 Å². The SMILES string of the molecule is CC(=S)N[C@H]1C[C@H](C)CC[C@H]1C(C)C.CC(=S)N[C@H]1C[C@H](C)CC[C@H]1C(C)C. The molecule has 2 aliphatic rings. The number of nitrogens with one attached hydrogen (secondary N) is 2. The lowest BCUT2D eigenvalue weighted by atomic mass is 9.74. The maximum absolute atomic E-state index is 5.14. The molecule has 2 fully saturated rings. The summed E-state index contributed by atoms with van der Waals surface area (Å²) in [5.74, 6) is 4.88. The van der Waals surface area contributed by atoms with Crippen LogP contribution in [0.3, 0.4) is 0 Å². The molecule has 4 heteroatoms. The molecular formula is C24H46N2S2. The van der Waals surface area contributed by atoms with Crippen LogP contribution in [0.1, 0.15) is 93.9 Å². The Balaban J connectivity index is 0.000000280. The number of hydrogen-bond acceptors (Lipinski definition) is 2. The molecule has 2 N–H and O–H groups in total. The van der Waals surface area contributed by atoms with E-state index in [0.29, 0.717) is 12.1 Å². The lowest BCUT2D eigenvalue weighted by Crippen LogP contribution is -2.44. The normalized spacial score (nSPS) is 33.1. The molecule has 0 unspecified atom stereocenters. The minimum atomic E-state index is 0.622. The molecule has 2 saturated carbocycles. The monoisotopic (exact) mass is 426 g/mol. The molecular weight excluding hydrogens is 380 g/mol. The maximum Gasteiger partial charge on any atom is 0.0724 e. The van der Waals surface area contributed by atoms with Gasteiger partial charge >= 0.3 is 0 Å². The fourth-order valence-electron chi connectivity index (χ4n) is 5.26. The summed E-state index contributed by atoms with van der Waals surface area (Å²) in [6.07, 6.45) is 8.07. The molecule has 0 aromatic heterocycles. The van der Waals surface area contributed by atoms with Crippen molar-refractivity contribution in [2.45, 2.75) is 106 Å². The second kappa shape index (κ2) is 12.5. The van der Waals surface area contributed by atoms with Crippen LogP contribution in [0.4, 0.5) is 0 Å². The van der Waals surface area contributed by atoms with Gasteiger partial charge in [0.05, 0.1) is 9.98 Å². The van der Waals surface area contributed by atoms with Gasteiger partial charge in [0.15, 0.2) is 0 Å². The van der Waals surface area contributed by atoms with E-state index < -0.39 is 0 Å². The average molecular weight is 427 g/mol. The van der Waals surface area contributed by atoms with Crippen LogP contribution in [-0.2, 0) is 0 Å². The summed E-state index contributed by atoms with van der Waals surface area (Å²) in [6, 6.07) is 1.24. The van der Waals surface area contributed by atoms with Gasteiger partial charge in [-0.2, -0.15) is 0 Å². The standard InChI is InChI=1S/2C12H23NS/c2*1-8(2)11-6-5-9(3)7-12(11)13-10(4)14/h2*8-9,11-12H,5-7H2,1-4H3,(H,13,14)/t2*9-,11+,12+/m11/s1. The summed E-state index contributed by atoms with van der Waals surface area (Å²) in [5.41, 5.74) is 0. The predicted molar refractivity (Wildman–Crippen MR) is 133 cm³/mol. The van der Waals surface area contributed by atoms with Gasteiger partial charge in [-0.25, -0.2) is 0 Å². The van der Waals surface area contributed by atoms with Gasteiger partial charge in [-0.3, -0.25) is 0 Å². The van der Waals surface area contributed by atoms with Gasteiger partial charge in [0.25, 0.3) is 0 Å². The Morgan fingerprint density at radius 2 is 1.00 bits per heavy atom. The number of hydrogen-bond donors (Lipinski definition) is 2. The molecule has 0 radical (unpaired) electrons. The third kappa shape index (κ3) is 9.07. The lowest BCUT2D eigenvalue weighted by Gasteiger charge is -2.38. The summed E-state index contributed by atoms with van der Waals surface area (Å²) >= 11 is 10.3. The Hall–Kier alpha value is -0.220. The quantitative estimate of drug-likeness (QED) is 0.484. The zero-order chi connectivity index (χ0) is 21.4. The fourth-order valence-corrected chi connectivity index (χ4v) is 5.56. The molecule has 0 bridgehead atoms. The number of thiocarbonyl (C=S) groups is 2. The largest absolute Gasteiger partial charge is 0.377 e. The molecule has 2 nitrogen and oxygen atoms in total. The molecule has 0 amide bonds. The highest BCUT2D eigenvalue weighted by molar-refractivity contribution is 7.80. The van der Waals surface area contributed by atoms with E-state index in [-0.39, 0.29) is 0 Å². The van der Waals surface area contributed by atoms with Gasteiger partial charge in [-0.15, -0.1) is 0 Å². The topological polar surface area (TPSA) is 24.1 Å². The molecule has 0 saturated heterocycles. The fraction of sp³-hybridized carbons (Fsp3) is 0.917. The van der Waals surface area contributed by atoms with Crippen LogP contribution in [-0.4, -0.2) is 22.1 Å². The van der Waals surface area contributed by atoms with Crippen LogP contribution in [0.15, 0.2) is 0 Å². The second-order valence-electron chi connectivity index (χ2n) is 10.3. The Morgan fingerprint density at radius 1 is 0.679 bits per heavy atom. The summed E-state index contributed by atoms with van der Waals surface area (Å²) < 4.78 is 0. The average Bonchev–Trinajstić information content (AvgIpc) is 2.53. The molecule has 6 atom stereocenters. The van der Waals surface area contributed by atoms with Crippen molar-refractivity contribution in [1.82, 2.24) is 10.6 Å². The Morgan fingerprint density at radius 3 is 1.25 bits per heavy atom. The zero-order valence-electron chi connectivity index (χ0n) is 19.7. The van der Waals surface area contributed by atoms with Crippen LogP contribution in [0.5, 0.6) is 0 Å². The van der Waals surface area contributed by atoms with Crippen molar-refractivity contribution in [2.75, 3.05) is 0 Å². The van der Waals surface area contributed by atoms with Gasteiger partial charge in [0.2, 0.25) is 0 Å². The van der Waals surface area contributed by atoms with Crippen molar-refractivity contribution in [3.05, 3.63) is 0 Å². The van der Waals surface area contributed by atoms with Crippen LogP contribution < -0.4 is 10.6 Å². The first-order valence-electron chi connectivity index (χ1n) is 11.5. The van der Waals surface area contributed by atoms with E-state index in [9.17, 15) is 0 Å². The van der Waals surface area contributed by atoms with Gasteiger partial charge in [0, 0.05) is 12.1 Å². The van der Waals surface area contributed by atoms with E-state index in [1.807, 2.05) is 13.8 Å². The van der Waals surface area contributed by atoms with Gasteiger partial charge in [0.1, 0.15) is 0 Å². The van der Waals surface area contributed by atoms with Crippen molar-refractivity contribution >= 4 is 34.4 Å². The zero-order valence-corrected chi connectivity index (χ0v) is 21.3. The molecule has 0 aliphatic heterocycles. The third-order valence-corrected chi connectivity index (χ3v) is 7.06. The summed E-state index contributed by atoms with van der Waals surface area (Å²) in [5, 5.41) is 6.95. The van der Waals surface area contributed by atoms with E-state index in [2.05, 4.69) is 52.2 Å². The molecule has 164 valence electrons. The van der Waals surface area contributed by atoms with Crippen LogP contribution >= 0.6 is 24.4 Å². The minimum absolute atomic E-state index is 0.622. The van der Waals surface area contributed by atoms with E-state index >= 15 is 0 Å². The van der Waals surface area contributed by atoms with Crippen LogP contribution in [0, 0.1) is 35.5 Å². The summed E-state index contributed by atoms with van der Waals surface area (Å²) in [4.78, 5) is 1.91. The molecule has 2 aliphatic carbocycles. The van der Waals surface area contributed by atoms with Crippen LogP contribution in [0.2, 0.25) is 0 Å². The van der Waals surface area contributed by atoms with Crippen LogP contribution in [0.25, 0.3) is 0 Å². The highest BCUT2D eigenvalue weighted by Crippen LogP contribution is 2.34. The highest BCUT2D eigenvalue weighted by atomic mass is 32.1. The molecule has 2 rings (SSSR count). The second-order valence-corrected chi connectivity index (χ2v) is 11.5. The molecule has 0 spiro atoms. The van der Waals surface area contributed by atoms with Crippen molar-refractivity contribution in [1.29, 1.82) is 0 Å². The van der Waals surface area contributed by atoms with Gasteiger partial charge < -0.3 is 10.6 Å². The molecule has 0 heterocycles. The molecule has 0 aromatic rings. The Kier molecular flexibility index (Phi) is 11.5. The molecule has 28 heavy (non-hydrogen) atoms. The van der Waals surface area contributed by atoms with E-state index in [0.717, 1.165) is 45.5 Å². The Labute approximate surface area is 186 Å². The van der Waals surface area contributed by atoms with Crippen molar-refractivity contribution < 1.29 is 0 Å².